The first-order valence-corrected chi connectivity index (χ1v) is 8.79. The number of halogens is 2. The van der Waals surface area contributed by atoms with Crippen LogP contribution in [0.25, 0.3) is 10.8 Å². The van der Waals surface area contributed by atoms with E-state index in [-0.39, 0.29) is 11.3 Å². The van der Waals surface area contributed by atoms with Crippen molar-refractivity contribution in [2.75, 3.05) is 5.32 Å². The van der Waals surface area contributed by atoms with Crippen molar-refractivity contribution >= 4 is 51.5 Å². The third-order valence-corrected chi connectivity index (χ3v) is 4.49. The number of carbonyl (C=O) groups is 2. The smallest absolute Gasteiger partial charge is 0.342 e. The summed E-state index contributed by atoms with van der Waals surface area (Å²) >= 11 is 11.9. The quantitative estimate of drug-likeness (QED) is 0.598. The molecule has 1 atom stereocenters. The zero-order chi connectivity index (χ0) is 19.6. The number of esters is 1. The second-order valence-corrected chi connectivity index (χ2v) is 6.72. The molecule has 0 saturated heterocycles. The van der Waals surface area contributed by atoms with Gasteiger partial charge in [-0.1, -0.05) is 47.5 Å². The molecule has 0 saturated carbocycles. The first-order valence-electron chi connectivity index (χ1n) is 8.04. The third-order valence-electron chi connectivity index (χ3n) is 3.92. The lowest BCUT2D eigenvalue weighted by Crippen LogP contribution is -2.30. The van der Waals surface area contributed by atoms with Gasteiger partial charge in [0.05, 0.1) is 10.7 Å². The summed E-state index contributed by atoms with van der Waals surface area (Å²) in [7, 11) is 0. The van der Waals surface area contributed by atoms with Crippen LogP contribution in [0.3, 0.4) is 0 Å². The van der Waals surface area contributed by atoms with Gasteiger partial charge in [-0.05, 0) is 48.0 Å². The van der Waals surface area contributed by atoms with Gasteiger partial charge in [-0.2, -0.15) is 0 Å². The number of carbonyl (C=O) groups excluding carboxylic acids is 2. The molecule has 3 rings (SSSR count). The van der Waals surface area contributed by atoms with Crippen molar-refractivity contribution in [3.8, 4) is 5.75 Å². The lowest BCUT2D eigenvalue weighted by Gasteiger charge is -2.15. The van der Waals surface area contributed by atoms with Gasteiger partial charge in [-0.25, -0.2) is 4.79 Å². The number of rotatable bonds is 4. The van der Waals surface area contributed by atoms with Gasteiger partial charge in [0.1, 0.15) is 11.3 Å². The predicted octanol–water partition coefficient (Wildman–Crippen LogP) is 5.04. The minimum atomic E-state index is -1.11. The number of hydrogen-bond acceptors (Lipinski definition) is 4. The summed E-state index contributed by atoms with van der Waals surface area (Å²) in [6.45, 7) is 1.42. The summed E-state index contributed by atoms with van der Waals surface area (Å²) in [5, 5.41) is 14.9. The van der Waals surface area contributed by atoms with Gasteiger partial charge in [0, 0.05) is 5.02 Å². The van der Waals surface area contributed by atoms with E-state index in [2.05, 4.69) is 5.32 Å². The number of ether oxygens (including phenoxy) is 1. The molecule has 3 aromatic carbocycles. The Hall–Kier alpha value is -2.76. The van der Waals surface area contributed by atoms with Crippen LogP contribution >= 0.6 is 23.2 Å². The van der Waals surface area contributed by atoms with Crippen molar-refractivity contribution in [2.45, 2.75) is 13.0 Å². The van der Waals surface area contributed by atoms with Crippen molar-refractivity contribution in [1.29, 1.82) is 0 Å². The lowest BCUT2D eigenvalue weighted by molar-refractivity contribution is -0.123. The summed E-state index contributed by atoms with van der Waals surface area (Å²) < 4.78 is 5.18. The Labute approximate surface area is 165 Å². The van der Waals surface area contributed by atoms with Gasteiger partial charge in [0.2, 0.25) is 0 Å². The molecule has 0 aliphatic rings. The van der Waals surface area contributed by atoms with Crippen molar-refractivity contribution in [1.82, 2.24) is 0 Å². The maximum absolute atomic E-state index is 12.4. The van der Waals surface area contributed by atoms with Crippen LogP contribution in [0.2, 0.25) is 10.0 Å². The molecule has 0 aliphatic heterocycles. The number of anilines is 1. The third kappa shape index (κ3) is 4.32. The Bertz CT molecular complexity index is 1040. The lowest BCUT2D eigenvalue weighted by atomic mass is 10.1. The number of hydrogen-bond donors (Lipinski definition) is 2. The Kier molecular flexibility index (Phi) is 5.54. The maximum Gasteiger partial charge on any atom is 0.342 e. The first kappa shape index (κ1) is 19.0. The standard InChI is InChI=1S/C20H15Cl2NO4/c1-11(19(25)23-17-10-14(21)6-7-16(17)22)27-20(26)15-8-12-4-2-3-5-13(12)9-18(15)24/h2-11,24H,1H3,(H,23,25). The van der Waals surface area contributed by atoms with Crippen molar-refractivity contribution in [3.05, 3.63) is 70.2 Å². The van der Waals surface area contributed by atoms with Crippen LogP contribution in [0.4, 0.5) is 5.69 Å². The number of phenols is 1. The molecule has 1 unspecified atom stereocenters. The van der Waals surface area contributed by atoms with E-state index in [1.807, 2.05) is 24.3 Å². The van der Waals surface area contributed by atoms with Crippen molar-refractivity contribution in [2.24, 2.45) is 0 Å². The minimum Gasteiger partial charge on any atom is -0.507 e. The fourth-order valence-corrected chi connectivity index (χ4v) is 2.83. The van der Waals surface area contributed by atoms with Crippen LogP contribution in [0, 0.1) is 0 Å². The van der Waals surface area contributed by atoms with E-state index in [0.29, 0.717) is 15.7 Å². The van der Waals surface area contributed by atoms with E-state index in [4.69, 9.17) is 27.9 Å². The van der Waals surface area contributed by atoms with Crippen LogP contribution in [-0.2, 0) is 9.53 Å². The fraction of sp³-hybridized carbons (Fsp3) is 0.100. The van der Waals surface area contributed by atoms with Crippen LogP contribution < -0.4 is 5.32 Å². The molecule has 0 bridgehead atoms. The van der Waals surface area contributed by atoms with Gasteiger partial charge in [0.25, 0.3) is 5.91 Å². The number of aromatic hydroxyl groups is 1. The topological polar surface area (TPSA) is 75.6 Å². The highest BCUT2D eigenvalue weighted by atomic mass is 35.5. The monoisotopic (exact) mass is 403 g/mol. The van der Waals surface area contributed by atoms with Crippen molar-refractivity contribution < 1.29 is 19.4 Å². The van der Waals surface area contributed by atoms with Crippen LogP contribution in [0.15, 0.2) is 54.6 Å². The van der Waals surface area contributed by atoms with Crippen LogP contribution in [0.1, 0.15) is 17.3 Å². The van der Waals surface area contributed by atoms with Crippen LogP contribution in [0.5, 0.6) is 5.75 Å². The highest BCUT2D eigenvalue weighted by Crippen LogP contribution is 2.27. The van der Waals surface area contributed by atoms with E-state index >= 15 is 0 Å². The summed E-state index contributed by atoms with van der Waals surface area (Å²) in [4.78, 5) is 24.7. The second kappa shape index (κ2) is 7.86. The highest BCUT2D eigenvalue weighted by Gasteiger charge is 2.22. The van der Waals surface area contributed by atoms with E-state index in [1.165, 1.54) is 25.1 Å². The average Bonchev–Trinajstić information content (AvgIpc) is 2.63. The molecule has 2 N–H and O–H groups in total. The molecule has 138 valence electrons. The second-order valence-electron chi connectivity index (χ2n) is 5.88. The molecule has 0 heterocycles. The molecule has 27 heavy (non-hydrogen) atoms. The summed E-state index contributed by atoms with van der Waals surface area (Å²) in [6.07, 6.45) is -1.11. The first-order chi connectivity index (χ1) is 12.8. The molecule has 1 amide bonds. The molecular formula is C20H15Cl2NO4. The summed E-state index contributed by atoms with van der Waals surface area (Å²) in [6, 6.07) is 14.9. The molecule has 0 fully saturated rings. The molecule has 3 aromatic rings. The number of benzene rings is 3. The summed E-state index contributed by atoms with van der Waals surface area (Å²) in [5.41, 5.74) is 0.291. The van der Waals surface area contributed by atoms with Crippen LogP contribution in [-0.4, -0.2) is 23.1 Å². The molecular weight excluding hydrogens is 389 g/mol. The number of fused-ring (bicyclic) bond motifs is 1. The summed E-state index contributed by atoms with van der Waals surface area (Å²) in [5.74, 6) is -1.60. The van der Waals surface area contributed by atoms with Crippen molar-refractivity contribution in [3.63, 3.8) is 0 Å². The van der Waals surface area contributed by atoms with Gasteiger partial charge in [-0.3, -0.25) is 4.79 Å². The van der Waals surface area contributed by atoms with E-state index in [0.717, 1.165) is 10.8 Å². The predicted molar refractivity (Wildman–Crippen MR) is 106 cm³/mol. The molecule has 0 aliphatic carbocycles. The number of nitrogens with one attached hydrogen (secondary N) is 1. The fourth-order valence-electron chi connectivity index (χ4n) is 2.50. The van der Waals surface area contributed by atoms with Gasteiger partial charge >= 0.3 is 5.97 Å². The number of phenolic OH excluding ortho intramolecular Hbond substituents is 1. The normalized spacial score (nSPS) is 11.8. The average molecular weight is 404 g/mol. The van der Waals surface area contributed by atoms with E-state index < -0.39 is 18.0 Å². The Balaban J connectivity index is 1.74. The molecule has 5 nitrogen and oxygen atoms in total. The molecule has 0 aromatic heterocycles. The minimum absolute atomic E-state index is 0.0193. The highest BCUT2D eigenvalue weighted by molar-refractivity contribution is 6.35. The Morgan fingerprint density at radius 2 is 1.70 bits per heavy atom. The molecule has 0 spiro atoms. The largest absolute Gasteiger partial charge is 0.507 e. The van der Waals surface area contributed by atoms with E-state index in [1.54, 1.807) is 12.1 Å². The SMILES string of the molecule is CC(OC(=O)c1cc2ccccc2cc1O)C(=O)Nc1cc(Cl)ccc1Cl. The molecule has 0 radical (unpaired) electrons. The Morgan fingerprint density at radius 3 is 2.41 bits per heavy atom. The van der Waals surface area contributed by atoms with Gasteiger partial charge in [-0.15, -0.1) is 0 Å². The zero-order valence-corrected chi connectivity index (χ0v) is 15.7. The zero-order valence-electron chi connectivity index (χ0n) is 14.2. The van der Waals surface area contributed by atoms with E-state index in [9.17, 15) is 14.7 Å². The molecule has 7 heteroatoms. The van der Waals surface area contributed by atoms with Gasteiger partial charge in [0.15, 0.2) is 6.10 Å². The Morgan fingerprint density at radius 1 is 1.04 bits per heavy atom. The van der Waals surface area contributed by atoms with Gasteiger partial charge < -0.3 is 15.2 Å². The number of amides is 1. The maximum atomic E-state index is 12.4.